The van der Waals surface area contributed by atoms with Crippen molar-refractivity contribution in [1.29, 1.82) is 5.26 Å². The van der Waals surface area contributed by atoms with Crippen LogP contribution in [0.2, 0.25) is 0 Å². The smallest absolute Gasteiger partial charge is 0.307 e. The second kappa shape index (κ2) is 9.11. The van der Waals surface area contributed by atoms with Crippen molar-refractivity contribution in [3.8, 4) is 6.07 Å². The van der Waals surface area contributed by atoms with Gasteiger partial charge in [-0.15, -0.1) is 23.1 Å². The second-order valence-corrected chi connectivity index (χ2v) is 6.98. The van der Waals surface area contributed by atoms with Crippen LogP contribution in [0.5, 0.6) is 0 Å². The van der Waals surface area contributed by atoms with Gasteiger partial charge >= 0.3 is 5.97 Å². The third-order valence-corrected chi connectivity index (χ3v) is 4.84. The molecule has 0 bridgehead atoms. The molecule has 0 fully saturated rings. The first-order valence-electron chi connectivity index (χ1n) is 7.21. The molecule has 2 aromatic rings. The molecule has 0 unspecified atom stereocenters. The molecule has 1 N–H and O–H groups in total. The molecule has 0 aliphatic rings. The van der Waals surface area contributed by atoms with Crippen LogP contribution in [0.15, 0.2) is 40.6 Å². The van der Waals surface area contributed by atoms with Crippen molar-refractivity contribution in [2.45, 2.75) is 18.2 Å². The molecule has 1 amide bonds. The molecule has 2 rings (SSSR count). The van der Waals surface area contributed by atoms with E-state index in [-0.39, 0.29) is 13.0 Å². The molecule has 5 nitrogen and oxygen atoms in total. The average molecular weight is 360 g/mol. The Morgan fingerprint density at radius 3 is 2.75 bits per heavy atom. The van der Waals surface area contributed by atoms with E-state index in [4.69, 9.17) is 10.00 Å². The van der Waals surface area contributed by atoms with Gasteiger partial charge in [0.25, 0.3) is 5.91 Å². The summed E-state index contributed by atoms with van der Waals surface area (Å²) in [7, 11) is 0. The fraction of sp³-hybridized carbons (Fsp3) is 0.235. The predicted octanol–water partition coefficient (Wildman–Crippen LogP) is 3.59. The highest BCUT2D eigenvalue weighted by Crippen LogP contribution is 2.22. The number of aryl methyl sites for hydroxylation is 1. The number of carbonyl (C=O) groups is 2. The van der Waals surface area contributed by atoms with Crippen LogP contribution in [-0.4, -0.2) is 24.2 Å². The summed E-state index contributed by atoms with van der Waals surface area (Å²) in [6, 6.07) is 11.6. The highest BCUT2D eigenvalue weighted by Gasteiger charge is 2.11. The largest absolute Gasteiger partial charge is 0.456 e. The number of benzene rings is 1. The molecule has 0 aliphatic carbocycles. The normalized spacial score (nSPS) is 10.0. The summed E-state index contributed by atoms with van der Waals surface area (Å²) in [6.07, 6.45) is 0.230. The molecule has 1 aromatic carbocycles. The van der Waals surface area contributed by atoms with Crippen LogP contribution in [0.25, 0.3) is 0 Å². The number of anilines is 1. The SMILES string of the molecule is Cc1ccc(SCCC(=O)OCC(=O)Nc2sccc2C#N)cc1. The number of nitrogens with one attached hydrogen (secondary N) is 1. The summed E-state index contributed by atoms with van der Waals surface area (Å²) in [5.41, 5.74) is 1.59. The molecular weight excluding hydrogens is 344 g/mol. The van der Waals surface area contributed by atoms with Crippen molar-refractivity contribution >= 4 is 40.0 Å². The number of esters is 1. The number of nitriles is 1. The summed E-state index contributed by atoms with van der Waals surface area (Å²) in [5.74, 6) is -0.280. The zero-order chi connectivity index (χ0) is 17.4. The lowest BCUT2D eigenvalue weighted by molar-refractivity contribution is -0.146. The zero-order valence-electron chi connectivity index (χ0n) is 13.1. The van der Waals surface area contributed by atoms with Crippen molar-refractivity contribution in [1.82, 2.24) is 0 Å². The number of carbonyl (C=O) groups excluding carboxylic acids is 2. The van der Waals surface area contributed by atoms with Crippen molar-refractivity contribution in [3.63, 3.8) is 0 Å². The molecule has 0 saturated heterocycles. The van der Waals surface area contributed by atoms with Gasteiger partial charge in [-0.3, -0.25) is 9.59 Å². The molecular formula is C17H16N2O3S2. The molecule has 0 aliphatic heterocycles. The van der Waals surface area contributed by atoms with Gasteiger partial charge in [0.05, 0.1) is 12.0 Å². The minimum atomic E-state index is -0.450. The Bertz CT molecular complexity index is 748. The second-order valence-electron chi connectivity index (χ2n) is 4.90. The number of thioether (sulfide) groups is 1. The van der Waals surface area contributed by atoms with Crippen LogP contribution < -0.4 is 5.32 Å². The van der Waals surface area contributed by atoms with Gasteiger partial charge in [0, 0.05) is 10.6 Å². The van der Waals surface area contributed by atoms with Gasteiger partial charge in [-0.2, -0.15) is 5.26 Å². The van der Waals surface area contributed by atoms with Crippen LogP contribution in [-0.2, 0) is 14.3 Å². The minimum absolute atomic E-state index is 0.230. The van der Waals surface area contributed by atoms with Crippen LogP contribution in [0, 0.1) is 18.3 Å². The Kier molecular flexibility index (Phi) is 6.85. The number of hydrogen-bond donors (Lipinski definition) is 1. The number of hydrogen-bond acceptors (Lipinski definition) is 6. The Morgan fingerprint density at radius 1 is 1.29 bits per heavy atom. The highest BCUT2D eigenvalue weighted by atomic mass is 32.2. The molecule has 1 aromatic heterocycles. The van der Waals surface area contributed by atoms with E-state index in [0.717, 1.165) is 4.90 Å². The summed E-state index contributed by atoms with van der Waals surface area (Å²) in [4.78, 5) is 24.5. The Morgan fingerprint density at radius 2 is 2.04 bits per heavy atom. The van der Waals surface area contributed by atoms with Crippen LogP contribution in [0.3, 0.4) is 0 Å². The van der Waals surface area contributed by atoms with E-state index in [1.165, 1.54) is 16.9 Å². The van der Waals surface area contributed by atoms with Crippen molar-refractivity contribution in [3.05, 3.63) is 46.8 Å². The summed E-state index contributed by atoms with van der Waals surface area (Å²) >= 11 is 2.82. The number of thiophene rings is 1. The van der Waals surface area contributed by atoms with E-state index in [9.17, 15) is 9.59 Å². The van der Waals surface area contributed by atoms with Gasteiger partial charge in [0.15, 0.2) is 6.61 Å². The van der Waals surface area contributed by atoms with Crippen molar-refractivity contribution in [2.24, 2.45) is 0 Å². The third kappa shape index (κ3) is 5.72. The molecule has 1 heterocycles. The summed E-state index contributed by atoms with van der Waals surface area (Å²) in [6.45, 7) is 1.67. The van der Waals surface area contributed by atoms with Gasteiger partial charge in [-0.1, -0.05) is 17.7 Å². The van der Waals surface area contributed by atoms with Crippen molar-refractivity contribution < 1.29 is 14.3 Å². The Hall–Kier alpha value is -2.30. The van der Waals surface area contributed by atoms with Gasteiger partial charge in [0.2, 0.25) is 0 Å². The maximum Gasteiger partial charge on any atom is 0.307 e. The number of nitrogens with zero attached hydrogens (tertiary/aromatic N) is 1. The number of ether oxygens (including phenoxy) is 1. The van der Waals surface area contributed by atoms with Crippen LogP contribution >= 0.6 is 23.1 Å². The molecule has 24 heavy (non-hydrogen) atoms. The van der Waals surface area contributed by atoms with E-state index < -0.39 is 11.9 Å². The molecule has 0 radical (unpaired) electrons. The van der Waals surface area contributed by atoms with E-state index >= 15 is 0 Å². The van der Waals surface area contributed by atoms with E-state index in [1.807, 2.05) is 37.3 Å². The lowest BCUT2D eigenvalue weighted by Gasteiger charge is -2.06. The van der Waals surface area contributed by atoms with E-state index in [1.54, 1.807) is 23.2 Å². The minimum Gasteiger partial charge on any atom is -0.456 e. The monoisotopic (exact) mass is 360 g/mol. The Labute approximate surface area is 148 Å². The molecule has 0 saturated carbocycles. The summed E-state index contributed by atoms with van der Waals surface area (Å²) in [5, 5.41) is 13.6. The number of rotatable bonds is 7. The van der Waals surface area contributed by atoms with Gasteiger partial charge in [-0.25, -0.2) is 0 Å². The van der Waals surface area contributed by atoms with Gasteiger partial charge < -0.3 is 10.1 Å². The number of amides is 1. The molecule has 0 atom stereocenters. The first-order chi connectivity index (χ1) is 11.6. The standard InChI is InChI=1S/C17H16N2O3S2/c1-12-2-4-14(5-3-12)23-9-7-16(21)22-11-15(20)19-17-13(10-18)6-8-24-17/h2-6,8H,7,9,11H2,1H3,(H,19,20). The third-order valence-electron chi connectivity index (χ3n) is 3.00. The lowest BCUT2D eigenvalue weighted by Crippen LogP contribution is -2.20. The van der Waals surface area contributed by atoms with E-state index in [2.05, 4.69) is 5.32 Å². The van der Waals surface area contributed by atoms with Crippen LogP contribution in [0.4, 0.5) is 5.00 Å². The van der Waals surface area contributed by atoms with Gasteiger partial charge in [-0.05, 0) is 30.5 Å². The topological polar surface area (TPSA) is 79.2 Å². The maximum atomic E-state index is 11.7. The lowest BCUT2D eigenvalue weighted by atomic mass is 10.2. The fourth-order valence-electron chi connectivity index (χ4n) is 1.76. The predicted molar refractivity (Wildman–Crippen MR) is 95.1 cm³/mol. The molecule has 0 spiro atoms. The summed E-state index contributed by atoms with van der Waals surface area (Å²) < 4.78 is 4.94. The first-order valence-corrected chi connectivity index (χ1v) is 9.07. The fourth-order valence-corrected chi connectivity index (χ4v) is 3.35. The highest BCUT2D eigenvalue weighted by molar-refractivity contribution is 7.99. The van der Waals surface area contributed by atoms with Crippen LogP contribution in [0.1, 0.15) is 17.5 Å². The Balaban J connectivity index is 1.66. The quantitative estimate of drug-likeness (QED) is 0.603. The average Bonchev–Trinajstić information content (AvgIpc) is 3.02. The first kappa shape index (κ1) is 18.0. The molecule has 124 valence electrons. The zero-order valence-corrected chi connectivity index (χ0v) is 14.7. The maximum absolute atomic E-state index is 11.7. The van der Waals surface area contributed by atoms with E-state index in [0.29, 0.717) is 16.3 Å². The van der Waals surface area contributed by atoms with Gasteiger partial charge in [0.1, 0.15) is 11.1 Å². The van der Waals surface area contributed by atoms with Crippen molar-refractivity contribution in [2.75, 3.05) is 17.7 Å². The molecule has 7 heteroatoms.